The lowest BCUT2D eigenvalue weighted by Gasteiger charge is -2.22. The minimum atomic E-state index is -5.08. The highest BCUT2D eigenvalue weighted by molar-refractivity contribution is 7.98. The molecule has 3 N–H and O–H groups in total. The Morgan fingerprint density at radius 2 is 1.65 bits per heavy atom. The molecule has 0 radical (unpaired) electrons. The first-order valence-electron chi connectivity index (χ1n) is 15.3. The fourth-order valence-electron chi connectivity index (χ4n) is 4.80. The highest BCUT2D eigenvalue weighted by atomic mass is 35.5. The Balaban J connectivity index is 0.000000755. The first-order valence-corrected chi connectivity index (χ1v) is 17.5. The minimum absolute atomic E-state index is 0.287. The van der Waals surface area contributed by atoms with Gasteiger partial charge in [-0.25, -0.2) is 14.8 Å². The second kappa shape index (κ2) is 17.9. The van der Waals surface area contributed by atoms with Gasteiger partial charge in [0.25, 0.3) is 0 Å². The Bertz CT molecular complexity index is 1920. The van der Waals surface area contributed by atoms with Gasteiger partial charge in [-0.3, -0.25) is 4.79 Å². The number of benzene rings is 2. The molecule has 17 heteroatoms. The van der Waals surface area contributed by atoms with Crippen LogP contribution in [-0.2, 0) is 15.3 Å². The van der Waals surface area contributed by atoms with Gasteiger partial charge >= 0.3 is 18.1 Å². The van der Waals surface area contributed by atoms with Gasteiger partial charge in [0.05, 0.1) is 11.3 Å². The third-order valence-corrected chi connectivity index (χ3v) is 9.55. The van der Waals surface area contributed by atoms with Crippen LogP contribution in [0.5, 0.6) is 5.75 Å². The van der Waals surface area contributed by atoms with Crippen LogP contribution in [0.25, 0.3) is 21.7 Å². The van der Waals surface area contributed by atoms with Gasteiger partial charge in [-0.15, -0.1) is 11.3 Å². The number of nitrogens with one attached hydrogen (secondary N) is 1. The third-order valence-electron chi connectivity index (χ3n) is 7.35. The van der Waals surface area contributed by atoms with Crippen molar-refractivity contribution < 1.29 is 37.7 Å². The van der Waals surface area contributed by atoms with E-state index in [0.717, 1.165) is 42.2 Å². The van der Waals surface area contributed by atoms with Crippen LogP contribution < -0.4 is 15.0 Å². The molecule has 1 aliphatic rings. The summed E-state index contributed by atoms with van der Waals surface area (Å²) in [6, 6.07) is 18.8. The zero-order chi connectivity index (χ0) is 37.1. The normalized spacial score (nSPS) is 13.0. The Hall–Kier alpha value is -4.87. The van der Waals surface area contributed by atoms with E-state index in [0.29, 0.717) is 56.2 Å². The Labute approximate surface area is 304 Å². The standard InChI is InChI=1S/C32H29ClN6O3S2.C2HF3O2/c1-20(32(40)41)36-12-15-42-25-10-6-21(7-11-25)28-26(16-34)29(39-13-2-3-14-39)38-31(27(28)17-35)44-19-24-18-43-30(37-24)22-4-8-23(33)9-5-22;3-2(4,5)1(6)7/h4-11,18,20,36H,2-3,12-15,19H2,1H3,(H,40,41);(H,6,7)/t20-;/m0./s1. The summed E-state index contributed by atoms with van der Waals surface area (Å²) >= 11 is 9.02. The number of aliphatic carboxylic acids is 2. The van der Waals surface area contributed by atoms with Crippen molar-refractivity contribution in [3.63, 3.8) is 0 Å². The molecule has 266 valence electrons. The van der Waals surface area contributed by atoms with Crippen LogP contribution in [0.15, 0.2) is 58.9 Å². The molecule has 1 fully saturated rings. The summed E-state index contributed by atoms with van der Waals surface area (Å²) in [5.41, 5.74) is 3.86. The number of nitrogens with zero attached hydrogens (tertiary/aromatic N) is 5. The Morgan fingerprint density at radius 1 is 1.04 bits per heavy atom. The largest absolute Gasteiger partial charge is 0.492 e. The molecule has 0 saturated carbocycles. The Morgan fingerprint density at radius 3 is 2.22 bits per heavy atom. The second-order valence-electron chi connectivity index (χ2n) is 10.9. The predicted molar refractivity (Wildman–Crippen MR) is 187 cm³/mol. The number of nitriles is 2. The van der Waals surface area contributed by atoms with Crippen molar-refractivity contribution in [3.05, 3.63) is 75.8 Å². The molecular formula is C34H30ClF3N6O5S2. The number of anilines is 1. The summed E-state index contributed by atoms with van der Waals surface area (Å²) in [7, 11) is 0. The van der Waals surface area contributed by atoms with Crippen LogP contribution in [0.4, 0.5) is 19.0 Å². The van der Waals surface area contributed by atoms with Gasteiger partial charge in [-0.2, -0.15) is 23.7 Å². The van der Waals surface area contributed by atoms with Crippen LogP contribution in [0.2, 0.25) is 5.02 Å². The average molecular weight is 759 g/mol. The molecule has 1 atom stereocenters. The van der Waals surface area contributed by atoms with Crippen LogP contribution >= 0.6 is 34.7 Å². The zero-order valence-electron chi connectivity index (χ0n) is 26.9. The van der Waals surface area contributed by atoms with E-state index in [1.54, 1.807) is 30.4 Å². The molecule has 1 saturated heterocycles. The molecular weight excluding hydrogens is 729 g/mol. The summed E-state index contributed by atoms with van der Waals surface area (Å²) < 4.78 is 37.5. The van der Waals surface area contributed by atoms with Gasteiger partial charge in [0.1, 0.15) is 52.0 Å². The van der Waals surface area contributed by atoms with E-state index in [1.807, 2.05) is 41.8 Å². The second-order valence-corrected chi connectivity index (χ2v) is 13.2. The predicted octanol–water partition coefficient (Wildman–Crippen LogP) is 7.24. The fraction of sp³-hybridized carbons (Fsp3) is 0.294. The number of carboxylic acids is 2. The van der Waals surface area contributed by atoms with E-state index < -0.39 is 24.2 Å². The van der Waals surface area contributed by atoms with E-state index in [2.05, 4.69) is 22.4 Å². The van der Waals surface area contributed by atoms with Crippen LogP contribution in [0, 0.1) is 22.7 Å². The van der Waals surface area contributed by atoms with Crippen LogP contribution in [-0.4, -0.2) is 70.6 Å². The lowest BCUT2D eigenvalue weighted by Crippen LogP contribution is -2.36. The molecule has 2 aromatic heterocycles. The quantitative estimate of drug-likeness (QED) is 0.0979. The van der Waals surface area contributed by atoms with Crippen LogP contribution in [0.3, 0.4) is 0 Å². The Kier molecular flexibility index (Phi) is 13.6. The maximum absolute atomic E-state index is 11.0. The minimum Gasteiger partial charge on any atom is -0.492 e. The molecule has 11 nitrogen and oxygen atoms in total. The van der Waals surface area contributed by atoms with E-state index in [9.17, 15) is 28.5 Å². The maximum atomic E-state index is 11.0. The maximum Gasteiger partial charge on any atom is 0.490 e. The molecule has 5 rings (SSSR count). The molecule has 51 heavy (non-hydrogen) atoms. The number of alkyl halides is 3. The first-order chi connectivity index (χ1) is 24.3. The molecule has 0 amide bonds. The number of pyridine rings is 1. The van der Waals surface area contributed by atoms with Crippen molar-refractivity contribution in [3.8, 4) is 39.6 Å². The zero-order valence-corrected chi connectivity index (χ0v) is 29.3. The third kappa shape index (κ3) is 10.6. The summed E-state index contributed by atoms with van der Waals surface area (Å²) in [5, 5.41) is 43.8. The number of hydrogen-bond donors (Lipinski definition) is 3. The lowest BCUT2D eigenvalue weighted by atomic mass is 9.96. The van der Waals surface area contributed by atoms with Gasteiger partial charge in [-0.05, 0) is 49.6 Å². The number of carboxylic acid groups (broad SMARTS) is 2. The lowest BCUT2D eigenvalue weighted by molar-refractivity contribution is -0.192. The van der Waals surface area contributed by atoms with Crippen LogP contribution in [0.1, 0.15) is 36.6 Å². The van der Waals surface area contributed by atoms with Crippen molar-refractivity contribution in [1.29, 1.82) is 10.5 Å². The van der Waals surface area contributed by atoms with Crippen molar-refractivity contribution >= 4 is 52.5 Å². The van der Waals surface area contributed by atoms with Gasteiger partial charge in [0.15, 0.2) is 0 Å². The van der Waals surface area contributed by atoms with Gasteiger partial charge < -0.3 is 25.2 Å². The summed E-state index contributed by atoms with van der Waals surface area (Å²) in [6.07, 6.45) is -3.05. The van der Waals surface area contributed by atoms with E-state index in [4.69, 9.17) is 41.3 Å². The van der Waals surface area contributed by atoms with Crippen molar-refractivity contribution in [2.24, 2.45) is 0 Å². The number of thioether (sulfide) groups is 1. The molecule has 3 heterocycles. The summed E-state index contributed by atoms with van der Waals surface area (Å²) in [4.78, 5) is 31.7. The smallest absolute Gasteiger partial charge is 0.490 e. The summed E-state index contributed by atoms with van der Waals surface area (Å²) in [6.45, 7) is 3.83. The average Bonchev–Trinajstić information content (AvgIpc) is 3.82. The first kappa shape index (κ1) is 38.9. The SMILES string of the molecule is C[C@H](NCCOc1ccc(-c2c(C#N)c(SCc3csc(-c4ccc(Cl)cc4)n3)nc(N3CCCC3)c2C#N)cc1)C(=O)O.O=C(O)C(F)(F)F. The number of halogens is 4. The number of rotatable bonds is 12. The van der Waals surface area contributed by atoms with E-state index in [1.165, 1.54) is 11.8 Å². The summed E-state index contributed by atoms with van der Waals surface area (Å²) in [5.74, 6) is -1.97. The molecule has 1 aliphatic heterocycles. The monoisotopic (exact) mass is 758 g/mol. The topological polar surface area (TPSA) is 172 Å². The van der Waals surface area contributed by atoms with Gasteiger partial charge in [0.2, 0.25) is 0 Å². The number of carbonyl (C=O) groups is 2. The van der Waals surface area contributed by atoms with Crippen molar-refractivity contribution in [2.45, 2.75) is 42.8 Å². The van der Waals surface area contributed by atoms with Crippen molar-refractivity contribution in [1.82, 2.24) is 15.3 Å². The van der Waals surface area contributed by atoms with Gasteiger partial charge in [0, 0.05) is 46.9 Å². The molecule has 0 unspecified atom stereocenters. The molecule has 0 spiro atoms. The van der Waals surface area contributed by atoms with Crippen molar-refractivity contribution in [2.75, 3.05) is 31.1 Å². The number of thiazole rings is 1. The molecule has 4 aromatic rings. The van der Waals surface area contributed by atoms with E-state index in [-0.39, 0.29) is 6.61 Å². The number of ether oxygens (including phenoxy) is 1. The molecule has 0 bridgehead atoms. The number of aromatic nitrogens is 2. The highest BCUT2D eigenvalue weighted by Gasteiger charge is 2.38. The fourth-order valence-corrected chi connectivity index (χ4v) is 6.74. The van der Waals surface area contributed by atoms with Gasteiger partial charge in [-0.1, -0.05) is 47.6 Å². The molecule has 0 aliphatic carbocycles. The highest BCUT2D eigenvalue weighted by Crippen LogP contribution is 2.40. The van der Waals surface area contributed by atoms with E-state index >= 15 is 0 Å². The molecule has 2 aromatic carbocycles. The number of hydrogen-bond acceptors (Lipinski definition) is 11.